The van der Waals surface area contributed by atoms with Crippen LogP contribution in [0, 0.1) is 0 Å². The van der Waals surface area contributed by atoms with Gasteiger partial charge in [-0.25, -0.2) is 0 Å². The maximum Gasteiger partial charge on any atom is 0.0702 e. The molecule has 100 valence electrons. The molecule has 0 saturated carbocycles. The Morgan fingerprint density at radius 2 is 2.17 bits per heavy atom. The minimum Gasteiger partial charge on any atom is -0.377 e. The summed E-state index contributed by atoms with van der Waals surface area (Å²) in [7, 11) is 0. The van der Waals surface area contributed by atoms with E-state index in [1.165, 1.54) is 18.4 Å². The summed E-state index contributed by atoms with van der Waals surface area (Å²) >= 11 is 0. The van der Waals surface area contributed by atoms with E-state index < -0.39 is 0 Å². The van der Waals surface area contributed by atoms with Crippen molar-refractivity contribution in [2.75, 3.05) is 26.2 Å². The third-order valence-electron chi connectivity index (χ3n) is 3.66. The first-order chi connectivity index (χ1) is 8.85. The molecule has 2 unspecified atom stereocenters. The van der Waals surface area contributed by atoms with Crippen LogP contribution in [-0.2, 0) is 4.74 Å². The van der Waals surface area contributed by atoms with Crippen LogP contribution in [0.5, 0.6) is 0 Å². The van der Waals surface area contributed by atoms with Gasteiger partial charge in [-0.1, -0.05) is 30.3 Å². The Bertz CT molecular complexity index is 340. The molecule has 1 fully saturated rings. The highest BCUT2D eigenvalue weighted by molar-refractivity contribution is 5.19. The largest absolute Gasteiger partial charge is 0.377 e. The van der Waals surface area contributed by atoms with Crippen molar-refractivity contribution in [2.45, 2.75) is 31.9 Å². The molecule has 2 atom stereocenters. The molecule has 0 bridgehead atoms. The van der Waals surface area contributed by atoms with Gasteiger partial charge in [-0.3, -0.25) is 4.90 Å². The molecular weight excluding hydrogens is 224 g/mol. The van der Waals surface area contributed by atoms with Crippen LogP contribution in [0.3, 0.4) is 0 Å². The monoisotopic (exact) mass is 248 g/mol. The van der Waals surface area contributed by atoms with E-state index in [9.17, 15) is 0 Å². The molecule has 2 rings (SSSR count). The van der Waals surface area contributed by atoms with Gasteiger partial charge < -0.3 is 10.5 Å². The van der Waals surface area contributed by atoms with Crippen LogP contribution >= 0.6 is 0 Å². The zero-order chi connectivity index (χ0) is 12.8. The molecule has 0 aliphatic carbocycles. The maximum atomic E-state index is 5.97. The topological polar surface area (TPSA) is 38.5 Å². The first-order valence-electron chi connectivity index (χ1n) is 6.95. The molecule has 1 saturated heterocycles. The van der Waals surface area contributed by atoms with E-state index in [0.29, 0.717) is 18.7 Å². The smallest absolute Gasteiger partial charge is 0.0702 e. The highest BCUT2D eigenvalue weighted by atomic mass is 16.5. The second-order valence-electron chi connectivity index (χ2n) is 4.88. The number of likely N-dealkylation sites (tertiary alicyclic amines) is 1. The lowest BCUT2D eigenvalue weighted by Gasteiger charge is -2.37. The third-order valence-corrected chi connectivity index (χ3v) is 3.66. The number of nitrogens with zero attached hydrogens (tertiary/aromatic N) is 1. The Hall–Kier alpha value is -0.900. The predicted molar refractivity (Wildman–Crippen MR) is 74.5 cm³/mol. The fourth-order valence-corrected chi connectivity index (χ4v) is 2.79. The quantitative estimate of drug-likeness (QED) is 0.868. The predicted octanol–water partition coefficient (Wildman–Crippen LogP) is 2.19. The molecule has 0 spiro atoms. The van der Waals surface area contributed by atoms with Crippen LogP contribution in [0.15, 0.2) is 30.3 Å². The fraction of sp³-hybridized carbons (Fsp3) is 0.600. The number of nitrogens with two attached hydrogens (primary N) is 1. The standard InChI is InChI=1S/C15H24N2O/c1-2-18-14-9-6-10-17(12-14)15(11-16)13-7-4-3-5-8-13/h3-5,7-8,14-15H,2,6,9-12,16H2,1H3. The van der Waals surface area contributed by atoms with E-state index in [2.05, 4.69) is 42.2 Å². The van der Waals surface area contributed by atoms with Crippen molar-refractivity contribution < 1.29 is 4.74 Å². The molecular formula is C15H24N2O. The molecule has 0 aromatic heterocycles. The van der Waals surface area contributed by atoms with Gasteiger partial charge in [-0.05, 0) is 31.9 Å². The van der Waals surface area contributed by atoms with Crippen molar-refractivity contribution in [1.29, 1.82) is 0 Å². The molecule has 2 N–H and O–H groups in total. The molecule has 0 radical (unpaired) electrons. The van der Waals surface area contributed by atoms with Crippen molar-refractivity contribution in [3.63, 3.8) is 0 Å². The van der Waals surface area contributed by atoms with Gasteiger partial charge in [0, 0.05) is 25.7 Å². The summed E-state index contributed by atoms with van der Waals surface area (Å²) in [6.07, 6.45) is 2.76. The number of hydrogen-bond donors (Lipinski definition) is 1. The molecule has 1 aromatic carbocycles. The summed E-state index contributed by atoms with van der Waals surface area (Å²) < 4.78 is 5.76. The first kappa shape index (κ1) is 13.5. The van der Waals surface area contributed by atoms with E-state index in [1.807, 2.05) is 0 Å². The van der Waals surface area contributed by atoms with E-state index in [-0.39, 0.29) is 0 Å². The van der Waals surface area contributed by atoms with Gasteiger partial charge in [0.05, 0.1) is 6.10 Å². The molecule has 1 aliphatic heterocycles. The SMILES string of the molecule is CCOC1CCCN(C(CN)c2ccccc2)C1. The maximum absolute atomic E-state index is 5.97. The van der Waals surface area contributed by atoms with Gasteiger partial charge in [0.25, 0.3) is 0 Å². The van der Waals surface area contributed by atoms with Crippen LogP contribution < -0.4 is 5.73 Å². The molecule has 0 amide bonds. The van der Waals surface area contributed by atoms with Crippen molar-refractivity contribution in [1.82, 2.24) is 4.90 Å². The second kappa shape index (κ2) is 6.88. The number of benzene rings is 1. The Morgan fingerprint density at radius 3 is 2.83 bits per heavy atom. The molecule has 3 nitrogen and oxygen atoms in total. The van der Waals surface area contributed by atoms with E-state index in [4.69, 9.17) is 10.5 Å². The lowest BCUT2D eigenvalue weighted by molar-refractivity contribution is -0.00659. The van der Waals surface area contributed by atoms with Crippen LogP contribution in [-0.4, -0.2) is 37.2 Å². The summed E-state index contributed by atoms with van der Waals surface area (Å²) in [6.45, 7) is 5.67. The Kier molecular flexibility index (Phi) is 5.17. The normalized spacial score (nSPS) is 22.9. The van der Waals surface area contributed by atoms with Gasteiger partial charge in [0.2, 0.25) is 0 Å². The summed E-state index contributed by atoms with van der Waals surface area (Å²) in [4.78, 5) is 2.47. The molecule has 1 heterocycles. The number of piperidine rings is 1. The summed E-state index contributed by atoms with van der Waals surface area (Å²) in [5.41, 5.74) is 7.29. The molecule has 18 heavy (non-hydrogen) atoms. The molecule has 1 aliphatic rings. The first-order valence-corrected chi connectivity index (χ1v) is 6.95. The average Bonchev–Trinajstić information content (AvgIpc) is 2.42. The summed E-state index contributed by atoms with van der Waals surface area (Å²) in [5, 5.41) is 0. The average molecular weight is 248 g/mol. The zero-order valence-corrected chi connectivity index (χ0v) is 11.2. The molecule has 3 heteroatoms. The van der Waals surface area contributed by atoms with Crippen molar-refractivity contribution in [3.8, 4) is 0 Å². The van der Waals surface area contributed by atoms with Crippen molar-refractivity contribution in [3.05, 3.63) is 35.9 Å². The second-order valence-corrected chi connectivity index (χ2v) is 4.88. The lowest BCUT2D eigenvalue weighted by atomic mass is 10.0. The number of rotatable bonds is 5. The third kappa shape index (κ3) is 3.31. The van der Waals surface area contributed by atoms with Crippen molar-refractivity contribution in [2.24, 2.45) is 5.73 Å². The van der Waals surface area contributed by atoms with Gasteiger partial charge in [0.1, 0.15) is 0 Å². The molecule has 1 aromatic rings. The van der Waals surface area contributed by atoms with E-state index >= 15 is 0 Å². The van der Waals surface area contributed by atoms with Crippen LogP contribution in [0.2, 0.25) is 0 Å². The van der Waals surface area contributed by atoms with Crippen LogP contribution in [0.1, 0.15) is 31.4 Å². The van der Waals surface area contributed by atoms with Crippen LogP contribution in [0.25, 0.3) is 0 Å². The van der Waals surface area contributed by atoms with Crippen molar-refractivity contribution >= 4 is 0 Å². The highest BCUT2D eigenvalue weighted by Crippen LogP contribution is 2.24. The van der Waals surface area contributed by atoms with E-state index in [1.54, 1.807) is 0 Å². The van der Waals surface area contributed by atoms with Gasteiger partial charge in [-0.2, -0.15) is 0 Å². The van der Waals surface area contributed by atoms with Gasteiger partial charge >= 0.3 is 0 Å². The Labute approximate surface area is 110 Å². The Balaban J connectivity index is 2.03. The van der Waals surface area contributed by atoms with Crippen LogP contribution in [0.4, 0.5) is 0 Å². The van der Waals surface area contributed by atoms with Gasteiger partial charge in [-0.15, -0.1) is 0 Å². The number of ether oxygens (including phenoxy) is 1. The number of hydrogen-bond acceptors (Lipinski definition) is 3. The summed E-state index contributed by atoms with van der Waals surface area (Å²) in [5.74, 6) is 0. The lowest BCUT2D eigenvalue weighted by Crippen LogP contribution is -2.44. The summed E-state index contributed by atoms with van der Waals surface area (Å²) in [6, 6.07) is 10.9. The van der Waals surface area contributed by atoms with E-state index in [0.717, 1.165) is 19.7 Å². The van der Waals surface area contributed by atoms with Gasteiger partial charge in [0.15, 0.2) is 0 Å². The Morgan fingerprint density at radius 1 is 1.39 bits per heavy atom. The minimum absolute atomic E-state index is 0.328. The minimum atomic E-state index is 0.328. The fourth-order valence-electron chi connectivity index (χ4n) is 2.79. The highest BCUT2D eigenvalue weighted by Gasteiger charge is 2.26. The zero-order valence-electron chi connectivity index (χ0n) is 11.2.